The van der Waals surface area contributed by atoms with Crippen molar-refractivity contribution >= 4 is 15.7 Å². The van der Waals surface area contributed by atoms with E-state index in [9.17, 15) is 13.2 Å². The number of rotatable bonds is 4. The summed E-state index contributed by atoms with van der Waals surface area (Å²) in [6, 6.07) is 3.95. The van der Waals surface area contributed by atoms with E-state index in [0.717, 1.165) is 22.3 Å². The van der Waals surface area contributed by atoms with Crippen LogP contribution in [0.15, 0.2) is 12.1 Å². The normalized spacial score (nSPS) is 19.0. The van der Waals surface area contributed by atoms with Gasteiger partial charge in [-0.15, -0.1) is 0 Å². The van der Waals surface area contributed by atoms with Crippen LogP contribution in [0.25, 0.3) is 0 Å². The van der Waals surface area contributed by atoms with Crippen molar-refractivity contribution in [3.8, 4) is 0 Å². The Morgan fingerprint density at radius 1 is 1.26 bits per heavy atom. The molecule has 1 aliphatic heterocycles. The first-order chi connectivity index (χ1) is 10.7. The highest BCUT2D eigenvalue weighted by Crippen LogP contribution is 2.19. The second-order valence-electron chi connectivity index (χ2n) is 6.43. The van der Waals surface area contributed by atoms with Gasteiger partial charge in [0.05, 0.1) is 18.5 Å². The number of ether oxygens (including phenoxy) is 1. The molecule has 1 saturated heterocycles. The van der Waals surface area contributed by atoms with Crippen LogP contribution < -0.4 is 0 Å². The third kappa shape index (κ3) is 4.78. The molecule has 1 aromatic carbocycles. The Balaban J connectivity index is 2.09. The van der Waals surface area contributed by atoms with Crippen LogP contribution in [-0.4, -0.2) is 50.8 Å². The van der Waals surface area contributed by atoms with Gasteiger partial charge in [0, 0.05) is 13.1 Å². The molecule has 1 heterocycles. The van der Waals surface area contributed by atoms with E-state index in [2.05, 4.69) is 0 Å². The van der Waals surface area contributed by atoms with Gasteiger partial charge in [0.15, 0.2) is 9.84 Å². The average molecular weight is 339 g/mol. The number of hydrogen-bond donors (Lipinski definition) is 0. The maximum absolute atomic E-state index is 12.4. The van der Waals surface area contributed by atoms with E-state index < -0.39 is 15.6 Å². The van der Waals surface area contributed by atoms with E-state index in [4.69, 9.17) is 4.74 Å². The van der Waals surface area contributed by atoms with E-state index in [1.165, 1.54) is 0 Å². The molecule has 0 spiro atoms. The smallest absolute Gasteiger partial charge is 0.237 e. The zero-order valence-electron chi connectivity index (χ0n) is 14.3. The molecular formula is C17H25NO4S. The molecule has 0 bridgehead atoms. The van der Waals surface area contributed by atoms with Crippen molar-refractivity contribution in [1.82, 2.24) is 4.90 Å². The third-order valence-electron chi connectivity index (χ3n) is 4.14. The second kappa shape index (κ2) is 7.01. The van der Waals surface area contributed by atoms with Gasteiger partial charge in [-0.1, -0.05) is 17.7 Å². The summed E-state index contributed by atoms with van der Waals surface area (Å²) < 4.78 is 30.3. The highest BCUT2D eigenvalue weighted by Gasteiger charge is 2.26. The van der Waals surface area contributed by atoms with Crippen molar-refractivity contribution in [1.29, 1.82) is 0 Å². The van der Waals surface area contributed by atoms with Crippen LogP contribution >= 0.6 is 0 Å². The molecule has 0 unspecified atom stereocenters. The number of morpholine rings is 1. The molecule has 6 heteroatoms. The zero-order valence-corrected chi connectivity index (χ0v) is 15.1. The van der Waals surface area contributed by atoms with Gasteiger partial charge in [0.2, 0.25) is 5.91 Å². The first-order valence-electron chi connectivity index (χ1n) is 7.84. The van der Waals surface area contributed by atoms with Crippen molar-refractivity contribution in [2.24, 2.45) is 0 Å². The molecule has 0 aromatic heterocycles. The number of hydrogen-bond acceptors (Lipinski definition) is 4. The molecule has 0 aliphatic carbocycles. The number of sulfone groups is 1. The van der Waals surface area contributed by atoms with E-state index >= 15 is 0 Å². The Hall–Kier alpha value is -1.40. The van der Waals surface area contributed by atoms with Crippen molar-refractivity contribution in [2.75, 3.05) is 25.4 Å². The lowest BCUT2D eigenvalue weighted by atomic mass is 10.0. The predicted molar refractivity (Wildman–Crippen MR) is 90.1 cm³/mol. The number of carbonyl (C=O) groups excluding carboxylic acids is 1. The van der Waals surface area contributed by atoms with Gasteiger partial charge in [-0.2, -0.15) is 0 Å². The van der Waals surface area contributed by atoms with E-state index in [0.29, 0.717) is 19.7 Å². The zero-order chi connectivity index (χ0) is 17.2. The van der Waals surface area contributed by atoms with E-state index in [-0.39, 0.29) is 17.8 Å². The Kier molecular flexibility index (Phi) is 5.47. The molecule has 128 valence electrons. The van der Waals surface area contributed by atoms with Gasteiger partial charge in [-0.05, 0) is 44.4 Å². The quantitative estimate of drug-likeness (QED) is 0.839. The van der Waals surface area contributed by atoms with Gasteiger partial charge in [0.1, 0.15) is 5.75 Å². The lowest BCUT2D eigenvalue weighted by Gasteiger charge is -2.31. The molecule has 2 rings (SSSR count). The summed E-state index contributed by atoms with van der Waals surface area (Å²) >= 11 is 0. The number of aryl methyl sites for hydroxylation is 3. The molecule has 1 amide bonds. The van der Waals surface area contributed by atoms with Crippen LogP contribution in [0.4, 0.5) is 0 Å². The average Bonchev–Trinajstić information content (AvgIpc) is 2.42. The summed E-state index contributed by atoms with van der Waals surface area (Å²) in [5.74, 6) is -0.856. The maximum Gasteiger partial charge on any atom is 0.237 e. The molecule has 1 aliphatic rings. The van der Waals surface area contributed by atoms with E-state index in [1.54, 1.807) is 4.90 Å². The van der Waals surface area contributed by atoms with Crippen LogP contribution in [-0.2, 0) is 25.1 Å². The molecule has 1 fully saturated rings. The minimum absolute atomic E-state index is 0.0445. The Morgan fingerprint density at radius 3 is 2.43 bits per heavy atom. The summed E-state index contributed by atoms with van der Waals surface area (Å²) in [7, 11) is -3.49. The SMILES string of the molecule is Cc1cc(C)c(CS(=O)(=O)CC(=O)N2CCO[C@H](C)C2)c(C)c1. The Labute approximate surface area is 138 Å². The number of carbonyl (C=O) groups is 1. The molecule has 23 heavy (non-hydrogen) atoms. The van der Waals surface area contributed by atoms with Crippen molar-refractivity contribution in [3.63, 3.8) is 0 Å². The number of amides is 1. The van der Waals surface area contributed by atoms with Gasteiger partial charge in [-0.25, -0.2) is 8.42 Å². The van der Waals surface area contributed by atoms with Gasteiger partial charge >= 0.3 is 0 Å². The van der Waals surface area contributed by atoms with Crippen LogP contribution in [0, 0.1) is 20.8 Å². The number of benzene rings is 1. The summed E-state index contributed by atoms with van der Waals surface area (Å²) in [5, 5.41) is 0. The Morgan fingerprint density at radius 2 is 1.87 bits per heavy atom. The van der Waals surface area contributed by atoms with Crippen molar-refractivity contribution in [3.05, 3.63) is 34.4 Å². The lowest BCUT2D eigenvalue weighted by Crippen LogP contribution is -2.46. The molecule has 0 radical (unpaired) electrons. The fourth-order valence-corrected chi connectivity index (χ4v) is 4.59. The largest absolute Gasteiger partial charge is 0.375 e. The molecule has 0 saturated carbocycles. The van der Waals surface area contributed by atoms with Crippen LogP contribution in [0.1, 0.15) is 29.2 Å². The predicted octanol–water partition coefficient (Wildman–Crippen LogP) is 1.77. The van der Waals surface area contributed by atoms with Gasteiger partial charge in [0.25, 0.3) is 0 Å². The monoisotopic (exact) mass is 339 g/mol. The number of nitrogens with zero attached hydrogens (tertiary/aromatic N) is 1. The molecule has 1 aromatic rings. The van der Waals surface area contributed by atoms with Crippen LogP contribution in [0.5, 0.6) is 0 Å². The molecule has 0 N–H and O–H groups in total. The van der Waals surface area contributed by atoms with Crippen molar-refractivity contribution in [2.45, 2.75) is 39.6 Å². The fourth-order valence-electron chi connectivity index (χ4n) is 3.03. The first-order valence-corrected chi connectivity index (χ1v) is 9.66. The van der Waals surface area contributed by atoms with E-state index in [1.807, 2.05) is 39.8 Å². The standard InChI is InChI=1S/C17H25NO4S/c1-12-7-13(2)16(14(3)8-12)10-23(20,21)11-17(19)18-5-6-22-15(4)9-18/h7-8,15H,5-6,9-11H2,1-4H3/t15-/m1/s1. The summed E-state index contributed by atoms with van der Waals surface area (Å²) in [5.41, 5.74) is 3.83. The van der Waals surface area contributed by atoms with Crippen molar-refractivity contribution < 1.29 is 17.9 Å². The maximum atomic E-state index is 12.4. The first kappa shape index (κ1) is 17.9. The van der Waals surface area contributed by atoms with Gasteiger partial charge < -0.3 is 9.64 Å². The highest BCUT2D eigenvalue weighted by molar-refractivity contribution is 7.91. The van der Waals surface area contributed by atoms with Gasteiger partial charge in [-0.3, -0.25) is 4.79 Å². The summed E-state index contributed by atoms with van der Waals surface area (Å²) in [4.78, 5) is 13.8. The lowest BCUT2D eigenvalue weighted by molar-refractivity contribution is -0.135. The molecular weight excluding hydrogens is 314 g/mol. The fraction of sp³-hybridized carbons (Fsp3) is 0.588. The molecule has 1 atom stereocenters. The van der Waals surface area contributed by atoms with Crippen LogP contribution in [0.2, 0.25) is 0 Å². The summed E-state index contributed by atoms with van der Waals surface area (Å²) in [6.07, 6.45) is -0.0445. The minimum atomic E-state index is -3.49. The Bertz CT molecular complexity index is 674. The molecule has 5 nitrogen and oxygen atoms in total. The second-order valence-corrected chi connectivity index (χ2v) is 8.50. The third-order valence-corrected chi connectivity index (χ3v) is 5.56. The van der Waals surface area contributed by atoms with Crippen LogP contribution in [0.3, 0.4) is 0 Å². The topological polar surface area (TPSA) is 63.7 Å². The minimum Gasteiger partial charge on any atom is -0.375 e. The summed E-state index contributed by atoms with van der Waals surface area (Å²) in [6.45, 7) is 9.07. The highest BCUT2D eigenvalue weighted by atomic mass is 32.2.